The molecule has 0 aliphatic carbocycles. The number of methoxy groups -OCH3 is 1. The van der Waals surface area contributed by atoms with E-state index in [4.69, 9.17) is 6.42 Å². The molecule has 0 heterocycles. The van der Waals surface area contributed by atoms with Gasteiger partial charge in [-0.25, -0.2) is 0 Å². The van der Waals surface area contributed by atoms with Gasteiger partial charge in [-0.2, -0.15) is 0 Å². The molecule has 0 aliphatic heterocycles. The zero-order valence-corrected chi connectivity index (χ0v) is 7.70. The average Bonchev–Trinajstić information content (AvgIpc) is 2.13. The summed E-state index contributed by atoms with van der Waals surface area (Å²) in [7, 11) is 1.27. The number of carbonyl (C=O) groups is 2. The van der Waals surface area contributed by atoms with E-state index in [1.807, 2.05) is 0 Å². The summed E-state index contributed by atoms with van der Waals surface area (Å²) >= 11 is 0. The Kier molecular flexibility index (Phi) is 5.37. The molecule has 1 atom stereocenters. The van der Waals surface area contributed by atoms with Gasteiger partial charge in [0.2, 0.25) is 0 Å². The fourth-order valence-electron chi connectivity index (χ4n) is 0.716. The molecule has 0 aromatic heterocycles. The smallest absolute Gasteiger partial charge is 0.308 e. The number of rotatable bonds is 4. The van der Waals surface area contributed by atoms with Gasteiger partial charge in [-0.1, -0.05) is 12.8 Å². The number of hydrogen-bond donors (Lipinski definition) is 0. The number of esters is 2. The van der Waals surface area contributed by atoms with Gasteiger partial charge in [0, 0.05) is 0 Å². The van der Waals surface area contributed by atoms with Crippen molar-refractivity contribution >= 4 is 11.9 Å². The van der Waals surface area contributed by atoms with Crippen molar-refractivity contribution in [2.45, 2.75) is 13.3 Å². The third kappa shape index (κ3) is 4.86. The number of ether oxygens (including phenoxy) is 2. The summed E-state index contributed by atoms with van der Waals surface area (Å²) in [6.45, 7) is 1.52. The molecular weight excluding hydrogens is 172 g/mol. The minimum Gasteiger partial charge on any atom is -0.469 e. The van der Waals surface area contributed by atoms with Crippen molar-refractivity contribution in [3.8, 4) is 12.3 Å². The van der Waals surface area contributed by atoms with E-state index in [0.29, 0.717) is 0 Å². The maximum atomic E-state index is 10.9. The summed E-state index contributed by atoms with van der Waals surface area (Å²) in [5.74, 6) is 0.743. The molecule has 0 spiro atoms. The van der Waals surface area contributed by atoms with Gasteiger partial charge in [0.15, 0.2) is 6.61 Å². The Morgan fingerprint density at radius 2 is 2.15 bits per heavy atom. The topological polar surface area (TPSA) is 52.6 Å². The Balaban J connectivity index is 3.79. The molecule has 0 N–H and O–H groups in total. The van der Waals surface area contributed by atoms with Crippen LogP contribution in [-0.4, -0.2) is 25.7 Å². The monoisotopic (exact) mass is 184 g/mol. The van der Waals surface area contributed by atoms with Crippen LogP contribution in [0.1, 0.15) is 13.3 Å². The van der Waals surface area contributed by atoms with Crippen LogP contribution in [0.15, 0.2) is 0 Å². The summed E-state index contributed by atoms with van der Waals surface area (Å²) in [6.07, 6.45) is 4.87. The summed E-state index contributed by atoms with van der Waals surface area (Å²) in [5.41, 5.74) is 0. The van der Waals surface area contributed by atoms with Gasteiger partial charge in [0.1, 0.15) is 0 Å². The van der Waals surface area contributed by atoms with E-state index in [2.05, 4.69) is 15.4 Å². The lowest BCUT2D eigenvalue weighted by Gasteiger charge is -2.07. The molecule has 0 fully saturated rings. The fourth-order valence-corrected chi connectivity index (χ4v) is 0.716. The average molecular weight is 184 g/mol. The molecular formula is C9H12O4. The Bertz CT molecular complexity index is 226. The molecule has 4 nitrogen and oxygen atoms in total. The van der Waals surface area contributed by atoms with Crippen LogP contribution in [0.5, 0.6) is 0 Å². The summed E-state index contributed by atoms with van der Waals surface area (Å²) in [4.78, 5) is 21.8. The standard InChI is InChI=1S/C9H12O4/c1-4-5-13-8(10)6-7(2)9(11)12-3/h1,7H,5-6H2,2-3H3. The van der Waals surface area contributed by atoms with Crippen molar-refractivity contribution in [1.29, 1.82) is 0 Å². The molecule has 1 unspecified atom stereocenters. The van der Waals surface area contributed by atoms with Crippen LogP contribution in [-0.2, 0) is 19.1 Å². The van der Waals surface area contributed by atoms with E-state index in [9.17, 15) is 9.59 Å². The van der Waals surface area contributed by atoms with E-state index < -0.39 is 17.9 Å². The molecule has 0 saturated carbocycles. The minimum absolute atomic E-state index is 0.00560. The Labute approximate surface area is 77.2 Å². The van der Waals surface area contributed by atoms with Crippen LogP contribution < -0.4 is 0 Å². The van der Waals surface area contributed by atoms with Crippen molar-refractivity contribution < 1.29 is 19.1 Å². The van der Waals surface area contributed by atoms with Crippen molar-refractivity contribution in [1.82, 2.24) is 0 Å². The quantitative estimate of drug-likeness (QED) is 0.467. The van der Waals surface area contributed by atoms with Gasteiger partial charge in [-0.3, -0.25) is 9.59 Å². The first-order chi connectivity index (χ1) is 6.11. The zero-order chi connectivity index (χ0) is 10.3. The molecule has 0 aliphatic rings. The molecule has 0 aromatic carbocycles. The number of carbonyl (C=O) groups excluding carboxylic acids is 2. The van der Waals surface area contributed by atoms with Crippen LogP contribution in [0.25, 0.3) is 0 Å². The maximum absolute atomic E-state index is 10.9. The van der Waals surface area contributed by atoms with E-state index in [1.165, 1.54) is 7.11 Å². The van der Waals surface area contributed by atoms with Crippen LogP contribution >= 0.6 is 0 Å². The Hall–Kier alpha value is -1.50. The third-order valence-electron chi connectivity index (χ3n) is 1.39. The van der Waals surface area contributed by atoms with Crippen LogP contribution in [0.3, 0.4) is 0 Å². The highest BCUT2D eigenvalue weighted by molar-refractivity contribution is 5.79. The van der Waals surface area contributed by atoms with Gasteiger partial charge < -0.3 is 9.47 Å². The summed E-state index contributed by atoms with van der Waals surface area (Å²) in [6, 6.07) is 0. The number of terminal acetylenes is 1. The van der Waals surface area contributed by atoms with Gasteiger partial charge in [0.05, 0.1) is 19.4 Å². The van der Waals surface area contributed by atoms with E-state index >= 15 is 0 Å². The van der Waals surface area contributed by atoms with Gasteiger partial charge >= 0.3 is 11.9 Å². The van der Waals surface area contributed by atoms with E-state index in [1.54, 1.807) is 6.92 Å². The minimum atomic E-state index is -0.490. The largest absolute Gasteiger partial charge is 0.469 e. The van der Waals surface area contributed by atoms with Gasteiger partial charge in [-0.05, 0) is 0 Å². The predicted molar refractivity (Wildman–Crippen MR) is 45.6 cm³/mol. The first-order valence-electron chi connectivity index (χ1n) is 3.78. The lowest BCUT2D eigenvalue weighted by atomic mass is 10.1. The van der Waals surface area contributed by atoms with Crippen LogP contribution in [0, 0.1) is 18.3 Å². The second-order valence-electron chi connectivity index (χ2n) is 2.49. The highest BCUT2D eigenvalue weighted by Crippen LogP contribution is 2.04. The molecule has 72 valence electrons. The first-order valence-corrected chi connectivity index (χ1v) is 3.78. The second kappa shape index (κ2) is 6.06. The normalized spacial score (nSPS) is 11.2. The van der Waals surface area contributed by atoms with Crippen LogP contribution in [0.4, 0.5) is 0 Å². The molecule has 13 heavy (non-hydrogen) atoms. The van der Waals surface area contributed by atoms with E-state index in [0.717, 1.165) is 0 Å². The molecule has 0 radical (unpaired) electrons. The van der Waals surface area contributed by atoms with E-state index in [-0.39, 0.29) is 13.0 Å². The SMILES string of the molecule is C#CCOC(=O)CC(C)C(=O)OC. The lowest BCUT2D eigenvalue weighted by molar-refractivity contribution is -0.152. The molecule has 0 bridgehead atoms. The molecule has 4 heteroatoms. The molecule has 0 aromatic rings. The van der Waals surface area contributed by atoms with Crippen LogP contribution in [0.2, 0.25) is 0 Å². The Morgan fingerprint density at radius 1 is 1.54 bits per heavy atom. The molecule has 0 amide bonds. The summed E-state index contributed by atoms with van der Waals surface area (Å²) in [5, 5.41) is 0. The second-order valence-corrected chi connectivity index (χ2v) is 2.49. The van der Waals surface area contributed by atoms with Crippen molar-refractivity contribution in [3.63, 3.8) is 0 Å². The highest BCUT2D eigenvalue weighted by Gasteiger charge is 2.17. The maximum Gasteiger partial charge on any atom is 0.308 e. The predicted octanol–water partition coefficient (Wildman–Crippen LogP) is 0.362. The molecule has 0 rings (SSSR count). The van der Waals surface area contributed by atoms with Crippen molar-refractivity contribution in [2.24, 2.45) is 5.92 Å². The van der Waals surface area contributed by atoms with Crippen molar-refractivity contribution in [2.75, 3.05) is 13.7 Å². The van der Waals surface area contributed by atoms with Gasteiger partial charge in [0.25, 0.3) is 0 Å². The third-order valence-corrected chi connectivity index (χ3v) is 1.39. The van der Waals surface area contributed by atoms with Crippen molar-refractivity contribution in [3.05, 3.63) is 0 Å². The zero-order valence-electron chi connectivity index (χ0n) is 7.70. The highest BCUT2D eigenvalue weighted by atomic mass is 16.5. The number of hydrogen-bond acceptors (Lipinski definition) is 4. The lowest BCUT2D eigenvalue weighted by Crippen LogP contribution is -2.18. The molecule has 0 saturated heterocycles. The van der Waals surface area contributed by atoms with Gasteiger partial charge in [-0.15, -0.1) is 6.42 Å². The Morgan fingerprint density at radius 3 is 2.62 bits per heavy atom. The summed E-state index contributed by atoms with van der Waals surface area (Å²) < 4.78 is 9.00. The first kappa shape index (κ1) is 11.5. The fraction of sp³-hybridized carbons (Fsp3) is 0.556.